The number of amides is 3. The topological polar surface area (TPSA) is 66.5 Å². The molecule has 3 amide bonds. The summed E-state index contributed by atoms with van der Waals surface area (Å²) in [6.07, 6.45) is 13.0. The average molecular weight is 401 g/mol. The molecule has 0 spiro atoms. The molecule has 1 heterocycles. The summed E-state index contributed by atoms with van der Waals surface area (Å²) in [6.45, 7) is 2.45. The minimum atomic E-state index is -0.116. The van der Waals surface area contributed by atoms with Crippen LogP contribution in [-0.2, 0) is 14.4 Å². The maximum absolute atomic E-state index is 12.8. The minimum absolute atomic E-state index is 0.0167. The maximum atomic E-state index is 12.8. The Hall–Kier alpha value is -1.39. The lowest BCUT2D eigenvalue weighted by Crippen LogP contribution is -2.56. The molecule has 4 bridgehead atoms. The molecule has 5 heteroatoms. The Morgan fingerprint density at radius 1 is 1.00 bits per heavy atom. The van der Waals surface area contributed by atoms with Gasteiger partial charge in [0, 0.05) is 19.0 Å². The van der Waals surface area contributed by atoms with Crippen molar-refractivity contribution in [2.75, 3.05) is 6.54 Å². The standard InChI is InChI=1S/C24H36N2O3/c1-2-20(24-12-15-9-16(13-24)11-17(10-15)14-24)25-21(27)7-8-26-22(28)18-5-3-4-6-19(18)23(26)29/h15-20H,2-14H2,1H3,(H,25,27)/t15?,16?,17?,18-,19-,20-,24?/m0/s1. The zero-order chi connectivity index (χ0) is 20.2. The van der Waals surface area contributed by atoms with Crippen LogP contribution in [0.1, 0.15) is 84.0 Å². The number of nitrogens with zero attached hydrogens (tertiary/aromatic N) is 1. The lowest BCUT2D eigenvalue weighted by atomic mass is 9.47. The molecule has 1 saturated heterocycles. The number of nitrogens with one attached hydrogen (secondary N) is 1. The van der Waals surface area contributed by atoms with Gasteiger partial charge in [-0.3, -0.25) is 19.3 Å². The number of hydrogen-bond donors (Lipinski definition) is 1. The second-order valence-corrected chi connectivity index (χ2v) is 10.9. The van der Waals surface area contributed by atoms with E-state index in [0.717, 1.165) is 49.9 Å². The number of imide groups is 1. The molecular formula is C24H36N2O3. The molecule has 5 aliphatic carbocycles. The maximum Gasteiger partial charge on any atom is 0.233 e. The highest BCUT2D eigenvalue weighted by molar-refractivity contribution is 6.05. The van der Waals surface area contributed by atoms with Crippen LogP contribution >= 0.6 is 0 Å². The molecule has 0 unspecified atom stereocenters. The average Bonchev–Trinajstić information content (AvgIpc) is 2.94. The van der Waals surface area contributed by atoms with Crippen molar-refractivity contribution in [1.82, 2.24) is 10.2 Å². The Kier molecular flexibility index (Phi) is 4.98. The van der Waals surface area contributed by atoms with Crippen molar-refractivity contribution in [2.45, 2.75) is 90.0 Å². The van der Waals surface area contributed by atoms with Crippen LogP contribution < -0.4 is 5.32 Å². The van der Waals surface area contributed by atoms with Gasteiger partial charge < -0.3 is 5.32 Å². The summed E-state index contributed by atoms with van der Waals surface area (Å²) in [4.78, 5) is 39.5. The van der Waals surface area contributed by atoms with E-state index >= 15 is 0 Å². The van der Waals surface area contributed by atoms with Crippen molar-refractivity contribution in [3.05, 3.63) is 0 Å². The fourth-order valence-corrected chi connectivity index (χ4v) is 8.22. The Morgan fingerprint density at radius 3 is 2.00 bits per heavy atom. The van der Waals surface area contributed by atoms with Gasteiger partial charge >= 0.3 is 0 Å². The summed E-state index contributed by atoms with van der Waals surface area (Å²) in [5.74, 6) is 2.34. The number of rotatable bonds is 6. The number of hydrogen-bond acceptors (Lipinski definition) is 3. The molecule has 0 aromatic heterocycles. The highest BCUT2D eigenvalue weighted by atomic mass is 16.2. The van der Waals surface area contributed by atoms with Gasteiger partial charge in [0.15, 0.2) is 0 Å². The summed E-state index contributed by atoms with van der Waals surface area (Å²) in [7, 11) is 0. The van der Waals surface area contributed by atoms with E-state index in [2.05, 4.69) is 12.2 Å². The van der Waals surface area contributed by atoms with Crippen LogP contribution in [0.4, 0.5) is 0 Å². The van der Waals surface area contributed by atoms with Gasteiger partial charge in [0.2, 0.25) is 17.7 Å². The van der Waals surface area contributed by atoms with Gasteiger partial charge in [0.1, 0.15) is 0 Å². The van der Waals surface area contributed by atoms with Crippen LogP contribution in [0.25, 0.3) is 0 Å². The lowest BCUT2D eigenvalue weighted by Gasteiger charge is -2.59. The number of carbonyl (C=O) groups is 3. The predicted octanol–water partition coefficient (Wildman–Crippen LogP) is 3.66. The van der Waals surface area contributed by atoms with Crippen LogP contribution in [0.3, 0.4) is 0 Å². The highest BCUT2D eigenvalue weighted by Crippen LogP contribution is 2.61. The predicted molar refractivity (Wildman–Crippen MR) is 110 cm³/mol. The summed E-state index contributed by atoms with van der Waals surface area (Å²) in [6, 6.07) is 0.246. The van der Waals surface area contributed by atoms with Gasteiger partial charge in [0.05, 0.1) is 11.8 Å². The molecule has 29 heavy (non-hydrogen) atoms. The molecular weight excluding hydrogens is 364 g/mol. The number of likely N-dealkylation sites (tertiary alicyclic amines) is 1. The van der Waals surface area contributed by atoms with E-state index in [1.165, 1.54) is 43.4 Å². The van der Waals surface area contributed by atoms with Crippen molar-refractivity contribution in [2.24, 2.45) is 35.0 Å². The molecule has 160 valence electrons. The summed E-state index contributed by atoms with van der Waals surface area (Å²) >= 11 is 0. The normalized spacial score (nSPS) is 41.6. The van der Waals surface area contributed by atoms with Gasteiger partial charge in [-0.2, -0.15) is 0 Å². The smallest absolute Gasteiger partial charge is 0.233 e. The quantitative estimate of drug-likeness (QED) is 0.692. The largest absolute Gasteiger partial charge is 0.353 e. The van der Waals surface area contributed by atoms with Crippen molar-refractivity contribution in [3.63, 3.8) is 0 Å². The van der Waals surface area contributed by atoms with E-state index in [1.54, 1.807) is 0 Å². The lowest BCUT2D eigenvalue weighted by molar-refractivity contribution is -0.140. The molecule has 5 saturated carbocycles. The molecule has 1 aliphatic heterocycles. The van der Waals surface area contributed by atoms with E-state index in [1.807, 2.05) is 0 Å². The first-order valence-corrected chi connectivity index (χ1v) is 12.1. The van der Waals surface area contributed by atoms with Crippen molar-refractivity contribution in [1.29, 1.82) is 0 Å². The van der Waals surface area contributed by atoms with Crippen LogP contribution in [0.2, 0.25) is 0 Å². The second kappa shape index (κ2) is 7.39. The van der Waals surface area contributed by atoms with Gasteiger partial charge in [-0.1, -0.05) is 19.8 Å². The number of carbonyl (C=O) groups excluding carboxylic acids is 3. The molecule has 6 rings (SSSR count). The van der Waals surface area contributed by atoms with E-state index in [9.17, 15) is 14.4 Å². The third-order valence-corrected chi connectivity index (χ3v) is 9.06. The minimum Gasteiger partial charge on any atom is -0.353 e. The van der Waals surface area contributed by atoms with Gasteiger partial charge in [-0.25, -0.2) is 0 Å². The summed E-state index contributed by atoms with van der Waals surface area (Å²) in [5.41, 5.74) is 0.299. The molecule has 6 aliphatic rings. The van der Waals surface area contributed by atoms with Gasteiger partial charge in [-0.05, 0) is 81.0 Å². The van der Waals surface area contributed by atoms with Crippen molar-refractivity contribution in [3.8, 4) is 0 Å². The van der Waals surface area contributed by atoms with E-state index < -0.39 is 0 Å². The molecule has 5 nitrogen and oxygen atoms in total. The summed E-state index contributed by atoms with van der Waals surface area (Å²) in [5, 5.41) is 3.35. The third kappa shape index (κ3) is 3.33. The highest BCUT2D eigenvalue weighted by Gasteiger charge is 2.54. The van der Waals surface area contributed by atoms with Crippen LogP contribution in [-0.4, -0.2) is 35.2 Å². The first kappa shape index (κ1) is 19.6. The van der Waals surface area contributed by atoms with Crippen LogP contribution in [0.5, 0.6) is 0 Å². The van der Waals surface area contributed by atoms with E-state index in [0.29, 0.717) is 5.41 Å². The first-order valence-electron chi connectivity index (χ1n) is 12.1. The molecule has 0 radical (unpaired) electrons. The van der Waals surface area contributed by atoms with E-state index in [-0.39, 0.29) is 48.6 Å². The zero-order valence-electron chi connectivity index (χ0n) is 17.8. The third-order valence-electron chi connectivity index (χ3n) is 9.06. The van der Waals surface area contributed by atoms with Gasteiger partial charge in [-0.15, -0.1) is 0 Å². The Balaban J connectivity index is 1.19. The first-order chi connectivity index (χ1) is 14.0. The van der Waals surface area contributed by atoms with Crippen molar-refractivity contribution < 1.29 is 14.4 Å². The zero-order valence-corrected chi connectivity index (χ0v) is 17.8. The van der Waals surface area contributed by atoms with Crippen molar-refractivity contribution >= 4 is 17.7 Å². The molecule has 3 atom stereocenters. The fourth-order valence-electron chi connectivity index (χ4n) is 8.22. The van der Waals surface area contributed by atoms with Crippen LogP contribution in [0.15, 0.2) is 0 Å². The molecule has 0 aromatic carbocycles. The SMILES string of the molecule is CC[C@H](NC(=O)CCN1C(=O)[C@H]2CCCC[C@@H]2C1=O)C12CC3CC(CC(C3)C1)C2. The molecule has 0 aromatic rings. The molecule has 1 N–H and O–H groups in total. The second-order valence-electron chi connectivity index (χ2n) is 10.9. The monoisotopic (exact) mass is 400 g/mol. The Labute approximate surface area is 174 Å². The fraction of sp³-hybridized carbons (Fsp3) is 0.875. The van der Waals surface area contributed by atoms with E-state index in [4.69, 9.17) is 0 Å². The molecule has 6 fully saturated rings. The van der Waals surface area contributed by atoms with Crippen LogP contribution in [0, 0.1) is 35.0 Å². The van der Waals surface area contributed by atoms with Gasteiger partial charge in [0.25, 0.3) is 0 Å². The number of fused-ring (bicyclic) bond motifs is 1. The Bertz CT molecular complexity index is 643. The summed E-state index contributed by atoms with van der Waals surface area (Å²) < 4.78 is 0. The Morgan fingerprint density at radius 2 is 1.52 bits per heavy atom.